The van der Waals surface area contributed by atoms with Crippen molar-refractivity contribution in [2.45, 2.75) is 39.0 Å². The summed E-state index contributed by atoms with van der Waals surface area (Å²) in [6, 6.07) is 7.03. The summed E-state index contributed by atoms with van der Waals surface area (Å²) >= 11 is 0. The van der Waals surface area contributed by atoms with Crippen LogP contribution in [0.5, 0.6) is 0 Å². The van der Waals surface area contributed by atoms with Crippen LogP contribution in [0, 0.1) is 0 Å². The second kappa shape index (κ2) is 6.75. The van der Waals surface area contributed by atoms with Gasteiger partial charge in [-0.15, -0.1) is 0 Å². The molecule has 0 aliphatic heterocycles. The summed E-state index contributed by atoms with van der Waals surface area (Å²) in [5.74, 6) is 0. The lowest BCUT2D eigenvalue weighted by atomic mass is 10.3. The van der Waals surface area contributed by atoms with Crippen molar-refractivity contribution in [2.75, 3.05) is 6.61 Å². The molecule has 0 radical (unpaired) electrons. The third-order valence-corrected chi connectivity index (χ3v) is 4.96. The highest BCUT2D eigenvalue weighted by molar-refractivity contribution is 6.76. The molecular formula is C14H21N5OSi. The standard InChI is InChI=1S/C14H21N5OSi/c1-21(2,3)8-7-20-11-19-13(10-17-18-15)9-12-5-4-6-16-14(12)19/h4-6,9H,7-8,10-11H2,1-3H3. The van der Waals surface area contributed by atoms with Gasteiger partial charge in [0.15, 0.2) is 0 Å². The van der Waals surface area contributed by atoms with E-state index in [1.54, 1.807) is 6.20 Å². The number of nitrogens with zero attached hydrogens (tertiary/aromatic N) is 5. The van der Waals surface area contributed by atoms with E-state index >= 15 is 0 Å². The molecule has 0 atom stereocenters. The first-order chi connectivity index (χ1) is 10.0. The number of aromatic nitrogens is 2. The predicted octanol–water partition coefficient (Wildman–Crippen LogP) is 4.16. The lowest BCUT2D eigenvalue weighted by molar-refractivity contribution is 0.0881. The lowest BCUT2D eigenvalue weighted by Crippen LogP contribution is -2.22. The first-order valence-electron chi connectivity index (χ1n) is 7.03. The highest BCUT2D eigenvalue weighted by Crippen LogP contribution is 2.19. The van der Waals surface area contributed by atoms with Gasteiger partial charge in [-0.3, -0.25) is 0 Å². The third-order valence-electron chi connectivity index (χ3n) is 3.25. The summed E-state index contributed by atoms with van der Waals surface area (Å²) in [5, 5.41) is 4.69. The van der Waals surface area contributed by atoms with E-state index in [1.165, 1.54) is 0 Å². The van der Waals surface area contributed by atoms with Crippen LogP contribution in [0.25, 0.3) is 21.5 Å². The number of rotatable bonds is 7. The fourth-order valence-electron chi connectivity index (χ4n) is 2.05. The molecule has 0 amide bonds. The molecule has 0 aliphatic carbocycles. The number of ether oxygens (including phenoxy) is 1. The fraction of sp³-hybridized carbons (Fsp3) is 0.500. The van der Waals surface area contributed by atoms with E-state index in [0.29, 0.717) is 13.3 Å². The summed E-state index contributed by atoms with van der Waals surface area (Å²) in [7, 11) is -1.08. The fourth-order valence-corrected chi connectivity index (χ4v) is 2.81. The molecule has 0 aliphatic rings. The maximum atomic E-state index is 8.50. The molecule has 0 unspecified atom stereocenters. The van der Waals surface area contributed by atoms with Crippen LogP contribution >= 0.6 is 0 Å². The zero-order valence-electron chi connectivity index (χ0n) is 12.8. The number of fused-ring (bicyclic) bond motifs is 1. The minimum atomic E-state index is -1.08. The molecule has 2 aromatic rings. The summed E-state index contributed by atoms with van der Waals surface area (Å²) in [4.78, 5) is 7.22. The molecule has 2 aromatic heterocycles. The Bertz CT molecular complexity index is 655. The van der Waals surface area contributed by atoms with E-state index in [0.717, 1.165) is 29.4 Å². The second-order valence-corrected chi connectivity index (χ2v) is 11.8. The van der Waals surface area contributed by atoms with Gasteiger partial charge in [-0.25, -0.2) is 4.98 Å². The van der Waals surface area contributed by atoms with E-state index in [-0.39, 0.29) is 0 Å². The molecule has 0 saturated carbocycles. The maximum Gasteiger partial charge on any atom is 0.141 e. The Balaban J connectivity index is 2.14. The Labute approximate surface area is 125 Å². The summed E-state index contributed by atoms with van der Waals surface area (Å²) in [5.41, 5.74) is 10.3. The molecule has 21 heavy (non-hydrogen) atoms. The topological polar surface area (TPSA) is 75.8 Å². The quantitative estimate of drug-likeness (QED) is 0.253. The average Bonchev–Trinajstić information content (AvgIpc) is 2.78. The molecule has 0 aromatic carbocycles. The largest absolute Gasteiger partial charge is 0.361 e. The van der Waals surface area contributed by atoms with Crippen molar-refractivity contribution in [1.82, 2.24) is 9.55 Å². The van der Waals surface area contributed by atoms with Gasteiger partial charge in [0.2, 0.25) is 0 Å². The maximum absolute atomic E-state index is 8.50. The predicted molar refractivity (Wildman–Crippen MR) is 86.7 cm³/mol. The first-order valence-corrected chi connectivity index (χ1v) is 10.7. The highest BCUT2D eigenvalue weighted by atomic mass is 28.3. The lowest BCUT2D eigenvalue weighted by Gasteiger charge is -2.16. The monoisotopic (exact) mass is 303 g/mol. The van der Waals surface area contributed by atoms with Crippen LogP contribution in [-0.4, -0.2) is 24.2 Å². The van der Waals surface area contributed by atoms with Crippen LogP contribution in [0.4, 0.5) is 0 Å². The van der Waals surface area contributed by atoms with Crippen LogP contribution in [0.3, 0.4) is 0 Å². The average molecular weight is 303 g/mol. The minimum Gasteiger partial charge on any atom is -0.361 e. The summed E-state index contributed by atoms with van der Waals surface area (Å²) < 4.78 is 7.79. The Morgan fingerprint density at radius 3 is 2.95 bits per heavy atom. The molecule has 0 saturated heterocycles. The van der Waals surface area contributed by atoms with E-state index in [2.05, 4.69) is 34.7 Å². The van der Waals surface area contributed by atoms with Crippen LogP contribution in [0.2, 0.25) is 25.7 Å². The van der Waals surface area contributed by atoms with Gasteiger partial charge in [0.1, 0.15) is 12.4 Å². The number of hydrogen-bond donors (Lipinski definition) is 0. The summed E-state index contributed by atoms with van der Waals surface area (Å²) in [6.45, 7) is 8.50. The molecule has 0 bridgehead atoms. The molecule has 6 nitrogen and oxygen atoms in total. The van der Waals surface area contributed by atoms with Gasteiger partial charge < -0.3 is 9.30 Å². The highest BCUT2D eigenvalue weighted by Gasteiger charge is 2.13. The number of hydrogen-bond acceptors (Lipinski definition) is 3. The van der Waals surface area contributed by atoms with Crippen LogP contribution in [0.15, 0.2) is 29.5 Å². The van der Waals surface area contributed by atoms with Gasteiger partial charge in [0.05, 0.1) is 6.54 Å². The Hall–Kier alpha value is -1.82. The van der Waals surface area contributed by atoms with E-state index in [9.17, 15) is 0 Å². The van der Waals surface area contributed by atoms with Gasteiger partial charge >= 0.3 is 0 Å². The number of pyridine rings is 1. The van der Waals surface area contributed by atoms with E-state index in [1.807, 2.05) is 22.8 Å². The van der Waals surface area contributed by atoms with Crippen LogP contribution < -0.4 is 0 Å². The molecule has 0 fully saturated rings. The molecular weight excluding hydrogens is 282 g/mol. The first kappa shape index (κ1) is 15.6. The Morgan fingerprint density at radius 2 is 2.24 bits per heavy atom. The van der Waals surface area contributed by atoms with Crippen molar-refractivity contribution in [2.24, 2.45) is 5.11 Å². The minimum absolute atomic E-state index is 0.310. The van der Waals surface area contributed by atoms with Gasteiger partial charge in [-0.05, 0) is 29.8 Å². The van der Waals surface area contributed by atoms with Crippen LogP contribution in [0.1, 0.15) is 5.69 Å². The molecule has 112 valence electrons. The van der Waals surface area contributed by atoms with Crippen molar-refractivity contribution >= 4 is 19.1 Å². The molecule has 0 N–H and O–H groups in total. The zero-order chi connectivity index (χ0) is 15.3. The smallest absolute Gasteiger partial charge is 0.141 e. The van der Waals surface area contributed by atoms with Crippen molar-refractivity contribution in [1.29, 1.82) is 0 Å². The van der Waals surface area contributed by atoms with E-state index < -0.39 is 8.07 Å². The van der Waals surface area contributed by atoms with Gasteiger partial charge in [-0.2, -0.15) is 0 Å². The summed E-state index contributed by atoms with van der Waals surface area (Å²) in [6.07, 6.45) is 1.76. The third kappa shape index (κ3) is 4.32. The molecule has 2 heterocycles. The zero-order valence-corrected chi connectivity index (χ0v) is 13.8. The Morgan fingerprint density at radius 1 is 1.43 bits per heavy atom. The normalized spacial score (nSPS) is 11.6. The molecule has 0 spiro atoms. The molecule has 2 rings (SSSR count). The van der Waals surface area contributed by atoms with E-state index in [4.69, 9.17) is 10.3 Å². The van der Waals surface area contributed by atoms with Crippen molar-refractivity contribution < 1.29 is 4.74 Å². The SMILES string of the molecule is C[Si](C)(C)CCOCn1c(CN=[N+]=[N-])cc2cccnc21. The van der Waals surface area contributed by atoms with Crippen LogP contribution in [-0.2, 0) is 18.0 Å². The van der Waals surface area contributed by atoms with Crippen molar-refractivity contribution in [3.63, 3.8) is 0 Å². The van der Waals surface area contributed by atoms with Gasteiger partial charge in [-0.1, -0.05) is 24.8 Å². The van der Waals surface area contributed by atoms with Gasteiger partial charge in [0, 0.05) is 36.9 Å². The second-order valence-electron chi connectivity index (χ2n) is 6.22. The molecule has 7 heteroatoms. The van der Waals surface area contributed by atoms with Gasteiger partial charge in [0.25, 0.3) is 0 Å². The Kier molecular flexibility index (Phi) is 5.01. The van der Waals surface area contributed by atoms with Crippen molar-refractivity contribution in [3.05, 3.63) is 40.5 Å². The number of azide groups is 1. The van der Waals surface area contributed by atoms with Crippen molar-refractivity contribution in [3.8, 4) is 0 Å².